The number of nitrogens with zero attached hydrogens (tertiary/aromatic N) is 3. The van der Waals surface area contributed by atoms with E-state index >= 15 is 0 Å². The van der Waals surface area contributed by atoms with Crippen LogP contribution in [0.1, 0.15) is 12.6 Å². The Morgan fingerprint density at radius 1 is 1.28 bits per heavy atom. The van der Waals surface area contributed by atoms with E-state index < -0.39 is 0 Å². The first-order valence-electron chi connectivity index (χ1n) is 5.73. The summed E-state index contributed by atoms with van der Waals surface area (Å²) < 4.78 is 13.3. The Kier molecular flexibility index (Phi) is 2.51. The Hall–Kier alpha value is -2.30. The van der Waals surface area contributed by atoms with Crippen LogP contribution in [0.25, 0.3) is 22.3 Å². The normalized spacial score (nSPS) is 11.0. The van der Waals surface area contributed by atoms with Crippen LogP contribution in [0, 0.1) is 5.82 Å². The SMILES string of the molecule is CCc1[nH]nc2ncnc(-c3cccc(F)c3)c12. The summed E-state index contributed by atoms with van der Waals surface area (Å²) in [6.07, 6.45) is 2.25. The standard InChI is InChI=1S/C13H11FN4/c1-2-10-11-12(8-4-3-5-9(14)6-8)15-7-16-13(11)18-17-10/h3-7H,2H2,1H3,(H,15,16,17,18). The van der Waals surface area contributed by atoms with E-state index in [4.69, 9.17) is 0 Å². The minimum atomic E-state index is -0.277. The number of hydrogen-bond acceptors (Lipinski definition) is 3. The lowest BCUT2D eigenvalue weighted by Gasteiger charge is -2.03. The van der Waals surface area contributed by atoms with Gasteiger partial charge in [-0.15, -0.1) is 0 Å². The van der Waals surface area contributed by atoms with Crippen LogP contribution in [0.15, 0.2) is 30.6 Å². The van der Waals surface area contributed by atoms with Crippen molar-refractivity contribution in [2.75, 3.05) is 0 Å². The highest BCUT2D eigenvalue weighted by Crippen LogP contribution is 2.27. The molecule has 0 saturated carbocycles. The number of hydrogen-bond donors (Lipinski definition) is 1. The van der Waals surface area contributed by atoms with Crippen molar-refractivity contribution < 1.29 is 4.39 Å². The minimum Gasteiger partial charge on any atom is -0.280 e. The van der Waals surface area contributed by atoms with Gasteiger partial charge >= 0.3 is 0 Å². The van der Waals surface area contributed by atoms with Gasteiger partial charge < -0.3 is 0 Å². The second-order valence-corrected chi connectivity index (χ2v) is 3.99. The first-order valence-corrected chi connectivity index (χ1v) is 5.73. The Balaban J connectivity index is 2.31. The molecule has 0 aliphatic heterocycles. The number of aromatic nitrogens is 4. The average molecular weight is 242 g/mol. The molecule has 0 atom stereocenters. The summed E-state index contributed by atoms with van der Waals surface area (Å²) in [5.74, 6) is -0.277. The predicted octanol–water partition coefficient (Wildman–Crippen LogP) is 2.72. The van der Waals surface area contributed by atoms with Gasteiger partial charge in [0.05, 0.1) is 11.1 Å². The lowest BCUT2D eigenvalue weighted by molar-refractivity contribution is 0.628. The molecule has 0 radical (unpaired) electrons. The van der Waals surface area contributed by atoms with Crippen LogP contribution in [0.5, 0.6) is 0 Å². The third kappa shape index (κ3) is 1.64. The number of aryl methyl sites for hydroxylation is 1. The molecule has 3 aromatic rings. The Morgan fingerprint density at radius 3 is 2.94 bits per heavy atom. The zero-order valence-corrected chi connectivity index (χ0v) is 9.81. The summed E-state index contributed by atoms with van der Waals surface area (Å²) in [4.78, 5) is 8.37. The summed E-state index contributed by atoms with van der Waals surface area (Å²) >= 11 is 0. The quantitative estimate of drug-likeness (QED) is 0.751. The molecule has 1 N–H and O–H groups in total. The van der Waals surface area contributed by atoms with E-state index in [9.17, 15) is 4.39 Å². The molecule has 18 heavy (non-hydrogen) atoms. The van der Waals surface area contributed by atoms with Crippen LogP contribution in [-0.4, -0.2) is 20.2 Å². The molecule has 0 aliphatic rings. The van der Waals surface area contributed by atoms with Gasteiger partial charge in [0.25, 0.3) is 0 Å². The van der Waals surface area contributed by atoms with Crippen molar-refractivity contribution in [3.8, 4) is 11.3 Å². The third-order valence-electron chi connectivity index (χ3n) is 2.88. The molecule has 5 heteroatoms. The first-order chi connectivity index (χ1) is 8.79. The second kappa shape index (κ2) is 4.18. The van der Waals surface area contributed by atoms with Gasteiger partial charge in [0.15, 0.2) is 5.65 Å². The minimum absolute atomic E-state index is 0.277. The van der Waals surface area contributed by atoms with Gasteiger partial charge in [-0.3, -0.25) is 5.10 Å². The highest BCUT2D eigenvalue weighted by Gasteiger charge is 2.13. The average Bonchev–Trinajstić information content (AvgIpc) is 2.81. The van der Waals surface area contributed by atoms with E-state index in [-0.39, 0.29) is 5.82 Å². The van der Waals surface area contributed by atoms with E-state index in [1.54, 1.807) is 6.07 Å². The van der Waals surface area contributed by atoms with Crippen molar-refractivity contribution in [3.05, 3.63) is 42.1 Å². The fraction of sp³-hybridized carbons (Fsp3) is 0.154. The van der Waals surface area contributed by atoms with Gasteiger partial charge in [-0.2, -0.15) is 5.10 Å². The summed E-state index contributed by atoms with van der Waals surface area (Å²) in [5.41, 5.74) is 3.02. The fourth-order valence-corrected chi connectivity index (χ4v) is 2.03. The van der Waals surface area contributed by atoms with E-state index in [0.717, 1.165) is 23.1 Å². The number of H-pyrrole nitrogens is 1. The van der Waals surface area contributed by atoms with Crippen molar-refractivity contribution >= 4 is 11.0 Å². The zero-order chi connectivity index (χ0) is 12.5. The second-order valence-electron chi connectivity index (χ2n) is 3.99. The highest BCUT2D eigenvalue weighted by atomic mass is 19.1. The van der Waals surface area contributed by atoms with Crippen molar-refractivity contribution in [1.82, 2.24) is 20.2 Å². The van der Waals surface area contributed by atoms with E-state index in [1.165, 1.54) is 18.5 Å². The summed E-state index contributed by atoms with van der Waals surface area (Å²) in [6.45, 7) is 2.02. The van der Waals surface area contributed by atoms with Gasteiger partial charge in [0.2, 0.25) is 0 Å². The molecule has 0 unspecified atom stereocenters. The molecule has 0 bridgehead atoms. The Bertz CT molecular complexity index is 705. The van der Waals surface area contributed by atoms with Gasteiger partial charge in [0.1, 0.15) is 12.1 Å². The molecule has 0 amide bonds. The highest BCUT2D eigenvalue weighted by molar-refractivity contribution is 5.92. The number of rotatable bonds is 2. The third-order valence-corrected chi connectivity index (χ3v) is 2.88. The smallest absolute Gasteiger partial charge is 0.184 e. The molecule has 1 aromatic carbocycles. The number of fused-ring (bicyclic) bond motifs is 1. The van der Waals surface area contributed by atoms with Gasteiger partial charge in [-0.05, 0) is 18.6 Å². The molecule has 0 fully saturated rings. The van der Waals surface area contributed by atoms with Crippen molar-refractivity contribution in [2.24, 2.45) is 0 Å². The van der Waals surface area contributed by atoms with Crippen LogP contribution >= 0.6 is 0 Å². The van der Waals surface area contributed by atoms with Crippen LogP contribution in [0.3, 0.4) is 0 Å². The first kappa shape index (κ1) is 10.8. The molecule has 90 valence electrons. The molecule has 0 aliphatic carbocycles. The molecule has 4 nitrogen and oxygen atoms in total. The molecule has 0 spiro atoms. The van der Waals surface area contributed by atoms with Gasteiger partial charge in [-0.25, -0.2) is 14.4 Å². The van der Waals surface area contributed by atoms with Crippen molar-refractivity contribution in [2.45, 2.75) is 13.3 Å². The number of halogens is 1. The number of nitrogens with one attached hydrogen (secondary N) is 1. The Morgan fingerprint density at radius 2 is 2.17 bits per heavy atom. The van der Waals surface area contributed by atoms with Crippen LogP contribution < -0.4 is 0 Å². The predicted molar refractivity (Wildman–Crippen MR) is 66.5 cm³/mol. The van der Waals surface area contributed by atoms with Gasteiger partial charge in [0, 0.05) is 11.3 Å². The lowest BCUT2D eigenvalue weighted by Crippen LogP contribution is -1.90. The van der Waals surface area contributed by atoms with E-state index in [0.29, 0.717) is 11.3 Å². The number of benzene rings is 1. The largest absolute Gasteiger partial charge is 0.280 e. The van der Waals surface area contributed by atoms with E-state index in [2.05, 4.69) is 20.2 Å². The summed E-state index contributed by atoms with van der Waals surface area (Å²) in [7, 11) is 0. The van der Waals surface area contributed by atoms with Gasteiger partial charge in [-0.1, -0.05) is 19.1 Å². The molecule has 2 heterocycles. The van der Waals surface area contributed by atoms with E-state index in [1.807, 2.05) is 13.0 Å². The van der Waals surface area contributed by atoms with Crippen LogP contribution in [-0.2, 0) is 6.42 Å². The lowest BCUT2D eigenvalue weighted by atomic mass is 10.1. The molecule has 0 saturated heterocycles. The molecular formula is C13H11FN4. The maximum Gasteiger partial charge on any atom is 0.184 e. The maximum atomic E-state index is 13.3. The number of aromatic amines is 1. The molecular weight excluding hydrogens is 231 g/mol. The van der Waals surface area contributed by atoms with Crippen molar-refractivity contribution in [3.63, 3.8) is 0 Å². The maximum absolute atomic E-state index is 13.3. The molecule has 2 aromatic heterocycles. The molecule has 3 rings (SSSR count). The Labute approximate surface area is 103 Å². The van der Waals surface area contributed by atoms with Crippen LogP contribution in [0.2, 0.25) is 0 Å². The summed E-state index contributed by atoms with van der Waals surface area (Å²) in [5, 5.41) is 7.94. The van der Waals surface area contributed by atoms with Crippen molar-refractivity contribution in [1.29, 1.82) is 0 Å². The summed E-state index contributed by atoms with van der Waals surface area (Å²) in [6, 6.07) is 6.38. The van der Waals surface area contributed by atoms with Crippen LogP contribution in [0.4, 0.5) is 4.39 Å². The fourth-order valence-electron chi connectivity index (χ4n) is 2.03. The topological polar surface area (TPSA) is 54.5 Å². The zero-order valence-electron chi connectivity index (χ0n) is 9.81. The monoisotopic (exact) mass is 242 g/mol.